The number of hydrogen-bond acceptors (Lipinski definition) is 3. The summed E-state index contributed by atoms with van der Waals surface area (Å²) >= 11 is 0. The number of fused-ring (bicyclic) bond motifs is 3. The highest BCUT2D eigenvalue weighted by Gasteiger charge is 2.45. The minimum Gasteiger partial charge on any atom is -0.508 e. The molecule has 1 aromatic carbocycles. The van der Waals surface area contributed by atoms with Gasteiger partial charge in [-0.3, -0.25) is 0 Å². The quantitative estimate of drug-likeness (QED) is 0.633. The van der Waals surface area contributed by atoms with Crippen LogP contribution in [0.5, 0.6) is 5.75 Å². The molecule has 0 heterocycles. The predicted molar refractivity (Wildman–Crippen MR) is 84.8 cm³/mol. The maximum Gasteiger partial charge on any atom is 0.115 e. The van der Waals surface area contributed by atoms with E-state index in [0.29, 0.717) is 5.75 Å². The summed E-state index contributed by atoms with van der Waals surface area (Å²) in [4.78, 5) is 0. The lowest BCUT2D eigenvalue weighted by Gasteiger charge is -2.36. The predicted octanol–water partition coefficient (Wildman–Crippen LogP) is 4.52. The second kappa shape index (κ2) is 5.21. The van der Waals surface area contributed by atoms with Crippen molar-refractivity contribution in [1.29, 1.82) is 0 Å². The molecular weight excluding hydrogens is 262 g/mol. The molecule has 0 amide bonds. The van der Waals surface area contributed by atoms with Gasteiger partial charge in [0.2, 0.25) is 0 Å². The molecule has 1 atom stereocenters. The highest BCUT2D eigenvalue weighted by Crippen LogP contribution is 2.56. The van der Waals surface area contributed by atoms with Crippen LogP contribution in [0.25, 0.3) is 5.57 Å². The fourth-order valence-electron chi connectivity index (χ4n) is 4.19. The van der Waals surface area contributed by atoms with E-state index in [4.69, 9.17) is 0 Å². The van der Waals surface area contributed by atoms with Crippen LogP contribution in [-0.4, -0.2) is 16.0 Å². The van der Waals surface area contributed by atoms with Gasteiger partial charge >= 0.3 is 0 Å². The number of aromatic hydroxyl groups is 1. The molecule has 3 nitrogen and oxygen atoms in total. The molecule has 1 unspecified atom stereocenters. The fraction of sp³-hybridized carbons (Fsp3) is 0.500. The van der Waals surface area contributed by atoms with Crippen LogP contribution < -0.4 is 0 Å². The van der Waals surface area contributed by atoms with Gasteiger partial charge in [-0.05, 0) is 67.0 Å². The first kappa shape index (κ1) is 14.2. The molecule has 2 aliphatic carbocycles. The highest BCUT2D eigenvalue weighted by atomic mass is 16.4. The van der Waals surface area contributed by atoms with Crippen molar-refractivity contribution in [1.82, 2.24) is 0 Å². The van der Waals surface area contributed by atoms with Gasteiger partial charge in [0.25, 0.3) is 0 Å². The van der Waals surface area contributed by atoms with Crippen molar-refractivity contribution in [2.24, 2.45) is 10.6 Å². The van der Waals surface area contributed by atoms with E-state index in [1.807, 2.05) is 12.1 Å². The van der Waals surface area contributed by atoms with Crippen molar-refractivity contribution in [3.63, 3.8) is 0 Å². The van der Waals surface area contributed by atoms with Crippen molar-refractivity contribution < 1.29 is 10.3 Å². The lowest BCUT2D eigenvalue weighted by atomic mass is 9.67. The van der Waals surface area contributed by atoms with E-state index in [1.165, 1.54) is 36.0 Å². The molecule has 3 heteroatoms. The number of nitrogens with zero attached hydrogens (tertiary/aromatic N) is 1. The Hall–Kier alpha value is -1.77. The van der Waals surface area contributed by atoms with E-state index in [1.54, 1.807) is 6.07 Å². The number of unbranched alkanes of at least 4 members (excludes halogenated alkanes) is 1. The topological polar surface area (TPSA) is 52.8 Å². The number of phenols is 1. The molecule has 0 aromatic heterocycles. The van der Waals surface area contributed by atoms with E-state index >= 15 is 0 Å². The van der Waals surface area contributed by atoms with Gasteiger partial charge in [-0.15, -0.1) is 0 Å². The van der Waals surface area contributed by atoms with Crippen molar-refractivity contribution in [2.75, 3.05) is 0 Å². The number of hydrogen-bond donors (Lipinski definition) is 2. The zero-order valence-corrected chi connectivity index (χ0v) is 12.8. The zero-order chi connectivity index (χ0) is 15.0. The molecule has 2 aliphatic rings. The monoisotopic (exact) mass is 285 g/mol. The molecule has 0 bridgehead atoms. The first-order chi connectivity index (χ1) is 10.1. The minimum atomic E-state index is 0.171. The lowest BCUT2D eigenvalue weighted by molar-refractivity contribution is 0.308. The molecule has 0 aliphatic heterocycles. The summed E-state index contributed by atoms with van der Waals surface area (Å²) < 4.78 is 0. The zero-order valence-electron chi connectivity index (χ0n) is 12.8. The third-order valence-corrected chi connectivity index (χ3v) is 5.20. The molecule has 112 valence electrons. The summed E-state index contributed by atoms with van der Waals surface area (Å²) in [6.45, 7) is 4.30. The maximum absolute atomic E-state index is 9.77. The van der Waals surface area contributed by atoms with Gasteiger partial charge < -0.3 is 10.3 Å². The maximum atomic E-state index is 9.77. The number of allylic oxidation sites excluding steroid dienone is 2. The summed E-state index contributed by atoms with van der Waals surface area (Å²) in [7, 11) is 0. The first-order valence-electron chi connectivity index (χ1n) is 7.86. The van der Waals surface area contributed by atoms with Crippen LogP contribution in [0.15, 0.2) is 28.9 Å². The number of oxime groups is 1. The van der Waals surface area contributed by atoms with Crippen molar-refractivity contribution in [2.45, 2.75) is 52.4 Å². The Balaban J connectivity index is 2.16. The molecule has 21 heavy (non-hydrogen) atoms. The third kappa shape index (κ3) is 2.15. The average Bonchev–Trinajstić information content (AvgIpc) is 2.80. The molecule has 1 aromatic rings. The molecular formula is C18H23NO2. The van der Waals surface area contributed by atoms with E-state index in [2.05, 4.69) is 19.0 Å². The van der Waals surface area contributed by atoms with Gasteiger partial charge in [-0.1, -0.05) is 31.0 Å². The number of rotatable bonds is 3. The lowest BCUT2D eigenvalue weighted by Crippen LogP contribution is -2.28. The SMILES string of the molecule is CCCCC12CC/C(=N\O)C(C)=C1c1ccc(O)cc1C2. The van der Waals surface area contributed by atoms with Gasteiger partial charge in [0.15, 0.2) is 0 Å². The summed E-state index contributed by atoms with van der Waals surface area (Å²) in [5.41, 5.74) is 5.94. The Morgan fingerprint density at radius 2 is 2.14 bits per heavy atom. The Morgan fingerprint density at radius 1 is 1.33 bits per heavy atom. The Morgan fingerprint density at radius 3 is 2.86 bits per heavy atom. The number of benzene rings is 1. The van der Waals surface area contributed by atoms with Crippen LogP contribution in [-0.2, 0) is 6.42 Å². The minimum absolute atomic E-state index is 0.171. The molecule has 0 spiro atoms. The molecule has 2 N–H and O–H groups in total. The Kier molecular flexibility index (Phi) is 3.52. The molecule has 3 rings (SSSR count). The van der Waals surface area contributed by atoms with Gasteiger partial charge in [-0.2, -0.15) is 0 Å². The number of phenolic OH excluding ortho intramolecular Hbond substituents is 1. The van der Waals surface area contributed by atoms with Crippen LogP contribution in [0.1, 0.15) is 57.1 Å². The first-order valence-corrected chi connectivity index (χ1v) is 7.86. The van der Waals surface area contributed by atoms with Gasteiger partial charge in [0.05, 0.1) is 5.71 Å². The molecule has 0 radical (unpaired) electrons. The summed E-state index contributed by atoms with van der Waals surface area (Å²) in [5.74, 6) is 0.340. The van der Waals surface area contributed by atoms with E-state index in [0.717, 1.165) is 30.5 Å². The molecule has 0 saturated carbocycles. The second-order valence-electron chi connectivity index (χ2n) is 6.45. The fourth-order valence-corrected chi connectivity index (χ4v) is 4.19. The summed E-state index contributed by atoms with van der Waals surface area (Å²) in [6.07, 6.45) is 6.45. The normalized spacial score (nSPS) is 26.1. The second-order valence-corrected chi connectivity index (χ2v) is 6.45. The summed E-state index contributed by atoms with van der Waals surface area (Å²) in [6, 6.07) is 5.69. The smallest absolute Gasteiger partial charge is 0.115 e. The average molecular weight is 285 g/mol. The van der Waals surface area contributed by atoms with E-state index in [9.17, 15) is 10.3 Å². The van der Waals surface area contributed by atoms with Crippen molar-refractivity contribution in [3.8, 4) is 5.75 Å². The Labute approximate surface area is 126 Å². The van der Waals surface area contributed by atoms with Gasteiger partial charge in [-0.25, -0.2) is 0 Å². The highest BCUT2D eigenvalue weighted by molar-refractivity contribution is 6.09. The van der Waals surface area contributed by atoms with Crippen LogP contribution in [0.3, 0.4) is 0 Å². The van der Waals surface area contributed by atoms with Crippen LogP contribution in [0.2, 0.25) is 0 Å². The van der Waals surface area contributed by atoms with Crippen LogP contribution in [0.4, 0.5) is 0 Å². The largest absolute Gasteiger partial charge is 0.508 e. The standard InChI is InChI=1S/C18H23NO2/c1-3-4-8-18-9-7-16(19-21)12(2)17(18)15-6-5-14(20)10-13(15)11-18/h5-6,10,20-21H,3-4,7-9,11H2,1-2H3/b19-16+. The third-order valence-electron chi connectivity index (χ3n) is 5.20. The molecule has 0 saturated heterocycles. The van der Waals surface area contributed by atoms with Crippen molar-refractivity contribution >= 4 is 11.3 Å². The summed E-state index contributed by atoms with van der Waals surface area (Å²) in [5, 5.41) is 22.5. The van der Waals surface area contributed by atoms with E-state index in [-0.39, 0.29) is 5.41 Å². The Bertz CT molecular complexity index is 630. The van der Waals surface area contributed by atoms with Crippen LogP contribution in [0, 0.1) is 5.41 Å². The molecule has 0 fully saturated rings. The van der Waals surface area contributed by atoms with Gasteiger partial charge in [0, 0.05) is 5.41 Å². The van der Waals surface area contributed by atoms with Gasteiger partial charge in [0.1, 0.15) is 5.75 Å². The van der Waals surface area contributed by atoms with Crippen LogP contribution >= 0.6 is 0 Å². The van der Waals surface area contributed by atoms with E-state index < -0.39 is 0 Å². The van der Waals surface area contributed by atoms with Crippen molar-refractivity contribution in [3.05, 3.63) is 34.9 Å².